The number of hydrogen-bond acceptors (Lipinski definition) is 4. The highest BCUT2D eigenvalue weighted by Crippen LogP contribution is 2.26. The van der Waals surface area contributed by atoms with Gasteiger partial charge in [-0.25, -0.2) is 0 Å². The molecule has 0 fully saturated rings. The molecule has 116 valence electrons. The van der Waals surface area contributed by atoms with E-state index in [9.17, 15) is 4.79 Å². The number of rotatable bonds is 4. The Hall–Kier alpha value is -1.82. The van der Waals surface area contributed by atoms with Crippen LogP contribution in [0.15, 0.2) is 58.5 Å². The number of H-pyrrole nitrogens is 1. The maximum absolute atomic E-state index is 12.1. The topological polar surface area (TPSA) is 58.6 Å². The molecule has 0 spiro atoms. The number of nitrogens with one attached hydrogen (secondary N) is 1. The molecule has 0 bridgehead atoms. The molecule has 0 unspecified atom stereocenters. The van der Waals surface area contributed by atoms with Crippen LogP contribution in [0.5, 0.6) is 0 Å². The summed E-state index contributed by atoms with van der Waals surface area (Å²) in [4.78, 5) is 14.9. The van der Waals surface area contributed by atoms with Crippen molar-refractivity contribution in [2.75, 3.05) is 0 Å². The van der Waals surface area contributed by atoms with Gasteiger partial charge in [0.1, 0.15) is 0 Å². The van der Waals surface area contributed by atoms with Crippen LogP contribution in [0.2, 0.25) is 10.0 Å². The molecule has 4 nitrogen and oxygen atoms in total. The molecule has 0 saturated heterocycles. The largest absolute Gasteiger partial charge is 0.298 e. The Morgan fingerprint density at radius 2 is 1.83 bits per heavy atom. The first-order valence-electron chi connectivity index (χ1n) is 6.72. The van der Waals surface area contributed by atoms with Crippen molar-refractivity contribution in [2.24, 2.45) is 0 Å². The minimum atomic E-state index is -0.268. The number of benzene rings is 2. The van der Waals surface area contributed by atoms with Gasteiger partial charge in [-0.3, -0.25) is 9.78 Å². The minimum Gasteiger partial charge on any atom is -0.298 e. The van der Waals surface area contributed by atoms with Gasteiger partial charge in [-0.2, -0.15) is 0 Å². The van der Waals surface area contributed by atoms with Gasteiger partial charge in [-0.1, -0.05) is 71.4 Å². The monoisotopic (exact) mass is 363 g/mol. The third kappa shape index (κ3) is 3.93. The van der Waals surface area contributed by atoms with E-state index in [1.54, 1.807) is 12.1 Å². The van der Waals surface area contributed by atoms with Crippen molar-refractivity contribution in [3.05, 3.63) is 74.5 Å². The standard InChI is InChI=1S/C16H11Cl2N3OS/c17-12-7-6-11(13(18)8-12)9-23-16-19-15(22)14(20-21-16)10-4-2-1-3-5-10/h1-8H,9H2,(H,19,21,22). The van der Waals surface area contributed by atoms with Crippen molar-refractivity contribution >= 4 is 35.0 Å². The van der Waals surface area contributed by atoms with Gasteiger partial charge < -0.3 is 0 Å². The van der Waals surface area contributed by atoms with E-state index in [-0.39, 0.29) is 5.56 Å². The van der Waals surface area contributed by atoms with Crippen molar-refractivity contribution < 1.29 is 0 Å². The van der Waals surface area contributed by atoms with Crippen molar-refractivity contribution in [3.63, 3.8) is 0 Å². The molecule has 3 rings (SSSR count). The Labute approximate surface area is 146 Å². The molecule has 0 aliphatic carbocycles. The highest BCUT2D eigenvalue weighted by atomic mass is 35.5. The molecule has 1 N–H and O–H groups in total. The predicted octanol–water partition coefficient (Wildman–Crippen LogP) is 4.43. The lowest BCUT2D eigenvalue weighted by Gasteiger charge is -2.04. The van der Waals surface area contributed by atoms with E-state index >= 15 is 0 Å². The van der Waals surface area contributed by atoms with Gasteiger partial charge in [0, 0.05) is 21.4 Å². The van der Waals surface area contributed by atoms with E-state index in [1.807, 2.05) is 36.4 Å². The van der Waals surface area contributed by atoms with Crippen LogP contribution >= 0.6 is 35.0 Å². The quantitative estimate of drug-likeness (QED) is 0.696. The highest BCUT2D eigenvalue weighted by molar-refractivity contribution is 7.98. The second-order valence-electron chi connectivity index (χ2n) is 4.70. The third-order valence-electron chi connectivity index (χ3n) is 3.10. The summed E-state index contributed by atoms with van der Waals surface area (Å²) in [5.41, 5.74) is 1.68. The Balaban J connectivity index is 1.77. The first-order chi connectivity index (χ1) is 11.1. The SMILES string of the molecule is O=c1[nH]c(SCc2ccc(Cl)cc2Cl)nnc1-c1ccccc1. The highest BCUT2D eigenvalue weighted by Gasteiger charge is 2.08. The summed E-state index contributed by atoms with van der Waals surface area (Å²) in [6.45, 7) is 0. The molecule has 2 aromatic carbocycles. The van der Waals surface area contributed by atoms with E-state index in [2.05, 4.69) is 15.2 Å². The Kier molecular flexibility index (Phi) is 5.00. The maximum Gasteiger partial charge on any atom is 0.278 e. The summed E-state index contributed by atoms with van der Waals surface area (Å²) < 4.78 is 0. The first-order valence-corrected chi connectivity index (χ1v) is 8.47. The Morgan fingerprint density at radius 3 is 2.52 bits per heavy atom. The van der Waals surface area contributed by atoms with Crippen molar-refractivity contribution in [2.45, 2.75) is 10.9 Å². The minimum absolute atomic E-state index is 0.268. The molecule has 1 heterocycles. The molecule has 1 aromatic heterocycles. The summed E-state index contributed by atoms with van der Waals surface area (Å²) in [5, 5.41) is 9.71. The van der Waals surface area contributed by atoms with Crippen molar-refractivity contribution in [3.8, 4) is 11.3 Å². The number of hydrogen-bond donors (Lipinski definition) is 1. The molecular formula is C16H11Cl2N3OS. The fraction of sp³-hybridized carbons (Fsp3) is 0.0625. The van der Waals surface area contributed by atoms with Gasteiger partial charge in [-0.05, 0) is 17.7 Å². The van der Waals surface area contributed by atoms with Crippen LogP contribution in [0.4, 0.5) is 0 Å². The van der Waals surface area contributed by atoms with Crippen LogP contribution in [0.25, 0.3) is 11.3 Å². The maximum atomic E-state index is 12.1. The smallest absolute Gasteiger partial charge is 0.278 e. The fourth-order valence-electron chi connectivity index (χ4n) is 1.96. The zero-order valence-electron chi connectivity index (χ0n) is 11.8. The molecule has 0 saturated carbocycles. The molecule has 3 aromatic rings. The average molecular weight is 364 g/mol. The van der Waals surface area contributed by atoms with Crippen molar-refractivity contribution in [1.29, 1.82) is 0 Å². The zero-order valence-corrected chi connectivity index (χ0v) is 14.1. The van der Waals surface area contributed by atoms with Gasteiger partial charge in [0.25, 0.3) is 5.56 Å². The van der Waals surface area contributed by atoms with Crippen LogP contribution in [0.1, 0.15) is 5.56 Å². The number of aromatic nitrogens is 3. The zero-order chi connectivity index (χ0) is 16.2. The van der Waals surface area contributed by atoms with Crippen molar-refractivity contribution in [1.82, 2.24) is 15.2 Å². The lowest BCUT2D eigenvalue weighted by Crippen LogP contribution is -2.14. The average Bonchev–Trinajstić information content (AvgIpc) is 2.55. The lowest BCUT2D eigenvalue weighted by molar-refractivity contribution is 0.824. The predicted molar refractivity (Wildman–Crippen MR) is 94.1 cm³/mol. The second-order valence-corrected chi connectivity index (χ2v) is 6.51. The van der Waals surface area contributed by atoms with Crippen LogP contribution in [0.3, 0.4) is 0 Å². The fourth-order valence-corrected chi connectivity index (χ4v) is 3.32. The molecule has 0 radical (unpaired) electrons. The Bertz CT molecular complexity index is 884. The van der Waals surface area contributed by atoms with E-state index in [0.717, 1.165) is 11.1 Å². The van der Waals surface area contributed by atoms with Crippen LogP contribution in [0, 0.1) is 0 Å². The number of thioether (sulfide) groups is 1. The second kappa shape index (κ2) is 7.17. The number of halogens is 2. The first kappa shape index (κ1) is 16.1. The van der Waals surface area contributed by atoms with Gasteiger partial charge >= 0.3 is 0 Å². The third-order valence-corrected chi connectivity index (χ3v) is 4.60. The van der Waals surface area contributed by atoms with E-state index < -0.39 is 0 Å². The summed E-state index contributed by atoms with van der Waals surface area (Å²) in [7, 11) is 0. The molecular weight excluding hydrogens is 353 g/mol. The molecule has 0 atom stereocenters. The summed E-state index contributed by atoms with van der Waals surface area (Å²) in [6, 6.07) is 14.5. The van der Waals surface area contributed by atoms with Crippen LogP contribution in [-0.2, 0) is 5.75 Å². The van der Waals surface area contributed by atoms with Gasteiger partial charge in [-0.15, -0.1) is 10.2 Å². The number of nitrogens with zero attached hydrogens (tertiary/aromatic N) is 2. The molecule has 0 aliphatic heterocycles. The normalized spacial score (nSPS) is 10.7. The van der Waals surface area contributed by atoms with E-state index in [1.165, 1.54) is 11.8 Å². The molecule has 0 amide bonds. The van der Waals surface area contributed by atoms with Gasteiger partial charge in [0.05, 0.1) is 0 Å². The summed E-state index contributed by atoms with van der Waals surface area (Å²) in [6.07, 6.45) is 0. The molecule has 0 aliphatic rings. The van der Waals surface area contributed by atoms with Crippen LogP contribution < -0.4 is 5.56 Å². The van der Waals surface area contributed by atoms with Crippen LogP contribution in [-0.4, -0.2) is 15.2 Å². The number of aromatic amines is 1. The van der Waals surface area contributed by atoms with E-state index in [0.29, 0.717) is 26.6 Å². The van der Waals surface area contributed by atoms with Gasteiger partial charge in [0.15, 0.2) is 10.9 Å². The van der Waals surface area contributed by atoms with Gasteiger partial charge in [0.2, 0.25) is 0 Å². The summed E-state index contributed by atoms with van der Waals surface area (Å²) in [5.74, 6) is 0.561. The lowest BCUT2D eigenvalue weighted by atomic mass is 10.2. The molecule has 7 heteroatoms. The Morgan fingerprint density at radius 1 is 1.04 bits per heavy atom. The molecule has 23 heavy (non-hydrogen) atoms. The summed E-state index contributed by atoms with van der Waals surface area (Å²) >= 11 is 13.4. The van der Waals surface area contributed by atoms with E-state index in [4.69, 9.17) is 23.2 Å².